The average Bonchev–Trinajstić information content (AvgIpc) is 1.55. The number of ether oxygens (including phenoxy) is 16. The second-order valence-electron chi connectivity index (χ2n) is 25.7. The summed E-state index contributed by atoms with van der Waals surface area (Å²) in [6.45, 7) is 9.89. The van der Waals surface area contributed by atoms with Gasteiger partial charge < -0.3 is 99.2 Å². The van der Waals surface area contributed by atoms with Crippen LogP contribution in [0.1, 0.15) is 57.1 Å². The van der Waals surface area contributed by atoms with Crippen LogP contribution in [0.2, 0.25) is 0 Å². The molecule has 112 heavy (non-hydrogen) atoms. The van der Waals surface area contributed by atoms with E-state index in [2.05, 4.69) is 0 Å². The zero-order valence-corrected chi connectivity index (χ0v) is 66.8. The molecule has 1 saturated heterocycles. The molecule has 0 saturated carbocycles. The van der Waals surface area contributed by atoms with E-state index in [4.69, 9.17) is 80.6 Å². The number of nitrogens with zero attached hydrogens (tertiary/aromatic N) is 3. The van der Waals surface area contributed by atoms with Crippen LogP contribution in [-0.4, -0.2) is 311 Å². The quantitative estimate of drug-likeness (QED) is 0.0214. The largest absolute Gasteiger partial charge is 0.744 e. The molecule has 0 bridgehead atoms. The summed E-state index contributed by atoms with van der Waals surface area (Å²) in [7, 11) is -16.7. The highest BCUT2D eigenvalue weighted by atomic mass is 32.2. The van der Waals surface area contributed by atoms with Gasteiger partial charge in [0.2, 0.25) is 5.69 Å². The third-order valence-electron chi connectivity index (χ3n) is 18.1. The molecule has 39 heteroatoms. The molecule has 626 valence electrons. The fraction of sp³-hybridized carbons (Fsp3) is 0.589. The number of benzene rings is 4. The highest BCUT2D eigenvalue weighted by molar-refractivity contribution is 7.87. The smallest absolute Gasteiger partial charge is 0.335 e. The van der Waals surface area contributed by atoms with Gasteiger partial charge in [-0.25, -0.2) is 30.0 Å². The predicted octanol–water partition coefficient (Wildman–Crippen LogP) is 4.02. The minimum atomic E-state index is -5.44. The van der Waals surface area contributed by atoms with Crippen molar-refractivity contribution in [3.63, 3.8) is 0 Å². The van der Waals surface area contributed by atoms with Crippen LogP contribution in [0.25, 0.3) is 21.5 Å². The van der Waals surface area contributed by atoms with E-state index in [0.717, 1.165) is 12.1 Å². The lowest BCUT2D eigenvalue weighted by molar-refractivity contribution is -0.442. The molecule has 0 radical (unpaired) electrons. The molecule has 7 rings (SSSR count). The van der Waals surface area contributed by atoms with Crippen molar-refractivity contribution in [3.8, 4) is 0 Å². The molecule has 2 amide bonds. The Balaban J connectivity index is 1.23. The van der Waals surface area contributed by atoms with Crippen molar-refractivity contribution in [2.75, 3.05) is 231 Å². The van der Waals surface area contributed by atoms with Gasteiger partial charge in [0.15, 0.2) is 12.3 Å². The summed E-state index contributed by atoms with van der Waals surface area (Å²) in [6.07, 6.45) is 8.68. The van der Waals surface area contributed by atoms with Gasteiger partial charge in [0, 0.05) is 93.8 Å². The average molecular weight is 1660 g/mol. The Labute approximate surface area is 653 Å². The van der Waals surface area contributed by atoms with Crippen LogP contribution in [0.3, 0.4) is 0 Å². The van der Waals surface area contributed by atoms with E-state index in [1.807, 2.05) is 23.3 Å². The molecule has 2 atom stereocenters. The van der Waals surface area contributed by atoms with Gasteiger partial charge in [0.25, 0.3) is 21.9 Å². The number of methoxy groups -OCH3 is 3. The number of amides is 2. The van der Waals surface area contributed by atoms with Crippen molar-refractivity contribution < 1.29 is 151 Å². The summed E-state index contributed by atoms with van der Waals surface area (Å²) in [5, 5.41) is 0.237. The standard InChI is InChI=1S/C73H103N3O32S4/c1-72(18-23-96-34-39-104-46-43-100-30-27-92-3)65(74(20-25-98-36-41-106-48-45-102-32-29-94-5)61-13-11-57-59(70(61)72)51-55(109(80,81)82)53-63(57)111(86,87)88)9-7-6-8-10-66-73(2,19-24-97-35-40-105-47-44-101-31-28-93-4)71-60-52-56(110(83,84)85)54-64(112(89,90)91)58(60)12-14-62(71)75(66)21-26-99-37-42-107-50-49-103-38-33-95-22-17-69(79)108-76-67(77)15-16-68(76)78/h6-14,51-54H,15-50H2,1-5H3,(H3-,80,81,82,83,84,85,86,87,88,89,90,91)/p-2. The molecular weight excluding hydrogens is 1560 g/mol. The number of rotatable bonds is 59. The van der Waals surface area contributed by atoms with Gasteiger partial charge >= 0.3 is 5.97 Å². The number of anilines is 1. The number of carbonyl (C=O) groups is 3. The first-order valence-electron chi connectivity index (χ1n) is 36.2. The van der Waals surface area contributed by atoms with Crippen molar-refractivity contribution in [1.29, 1.82) is 0 Å². The van der Waals surface area contributed by atoms with Crippen molar-refractivity contribution in [1.82, 2.24) is 5.06 Å². The number of hydrogen-bond donors (Lipinski definition) is 1. The van der Waals surface area contributed by atoms with Gasteiger partial charge in [0.05, 0.1) is 198 Å². The number of imide groups is 1. The molecule has 4 aromatic rings. The maximum absolute atomic E-state index is 13.2. The summed E-state index contributed by atoms with van der Waals surface area (Å²) in [6, 6.07) is 9.30. The van der Waals surface area contributed by atoms with Crippen LogP contribution in [0.15, 0.2) is 104 Å². The van der Waals surface area contributed by atoms with Gasteiger partial charge in [-0.15, -0.1) is 5.06 Å². The molecule has 1 fully saturated rings. The lowest BCUT2D eigenvalue weighted by Crippen LogP contribution is -2.33. The number of hydrogen-bond acceptors (Lipinski definition) is 32. The molecule has 3 heterocycles. The number of hydroxylamine groups is 2. The molecule has 3 aliphatic heterocycles. The minimum Gasteiger partial charge on any atom is -0.744 e. The van der Waals surface area contributed by atoms with Crippen LogP contribution in [0, 0.1) is 0 Å². The fourth-order valence-corrected chi connectivity index (χ4v) is 15.3. The van der Waals surface area contributed by atoms with Gasteiger partial charge in [-0.05, 0) is 90.9 Å². The summed E-state index contributed by atoms with van der Waals surface area (Å²) >= 11 is 0. The molecule has 0 spiro atoms. The van der Waals surface area contributed by atoms with Crippen LogP contribution < -0.4 is 4.90 Å². The van der Waals surface area contributed by atoms with E-state index in [1.54, 1.807) is 63.8 Å². The van der Waals surface area contributed by atoms with Crippen molar-refractivity contribution in [3.05, 3.63) is 95.7 Å². The van der Waals surface area contributed by atoms with Crippen molar-refractivity contribution in [2.45, 2.75) is 76.4 Å². The van der Waals surface area contributed by atoms with Crippen LogP contribution in [0.4, 0.5) is 11.4 Å². The summed E-state index contributed by atoms with van der Waals surface area (Å²) < 4.78 is 246. The minimum absolute atomic E-state index is 0.0210. The van der Waals surface area contributed by atoms with E-state index in [0.29, 0.717) is 111 Å². The molecular formula is C73H101N3O32S4-2. The Bertz CT molecular complexity index is 4330. The molecule has 1 N–H and O–H groups in total. The first-order chi connectivity index (χ1) is 53.6. The summed E-state index contributed by atoms with van der Waals surface area (Å²) in [4.78, 5) is 38.7. The van der Waals surface area contributed by atoms with Gasteiger partial charge in [-0.3, -0.25) is 14.1 Å². The normalized spacial score (nSPS) is 17.4. The first-order valence-corrected chi connectivity index (χ1v) is 41.9. The summed E-state index contributed by atoms with van der Waals surface area (Å²) in [5.41, 5.74) is 0.206. The third-order valence-corrected chi connectivity index (χ3v) is 21.5. The van der Waals surface area contributed by atoms with Crippen LogP contribution in [-0.2, 0) is 146 Å². The van der Waals surface area contributed by atoms with E-state index in [9.17, 15) is 66.3 Å². The Morgan fingerprint density at radius 3 is 1.32 bits per heavy atom. The Morgan fingerprint density at radius 1 is 0.464 bits per heavy atom. The van der Waals surface area contributed by atoms with E-state index < -0.39 is 88.7 Å². The van der Waals surface area contributed by atoms with E-state index >= 15 is 0 Å². The number of allylic oxidation sites excluding steroid dienone is 6. The zero-order valence-electron chi connectivity index (χ0n) is 63.5. The Kier molecular flexibility index (Phi) is 38.5. The Hall–Kier alpha value is -6.30. The topological polar surface area (TPSA) is 444 Å². The lowest BCUT2D eigenvalue weighted by Gasteiger charge is -2.31. The second kappa shape index (κ2) is 46.4. The molecule has 35 nitrogen and oxygen atoms in total. The zero-order chi connectivity index (χ0) is 81.2. The van der Waals surface area contributed by atoms with Crippen LogP contribution >= 0.6 is 0 Å². The highest BCUT2D eigenvalue weighted by Gasteiger charge is 2.50. The van der Waals surface area contributed by atoms with E-state index in [1.165, 1.54) is 12.1 Å². The maximum atomic E-state index is 13.2. The van der Waals surface area contributed by atoms with Crippen molar-refractivity contribution >= 4 is 96.9 Å². The molecule has 3 aliphatic rings. The SMILES string of the molecule is COCCOCCOCCOCC[N+]1=C(/C=C/C=C/C=C2/N(CCOCCOCCOCCOCCC(=O)ON3C(=O)CCC3=O)c3ccc4c(S(=O)(=O)[O-])cc(S(=O)(=O)[O-])cc4c3C2(C)CCOCCOCCOCCOC)C(C)(CCOCCOCCOCCOC)c2c1ccc1c(S(=O)(=O)O)cc(S(=O)(=O)[O-])cc21. The maximum Gasteiger partial charge on any atom is 0.335 e. The Morgan fingerprint density at radius 2 is 0.866 bits per heavy atom. The highest BCUT2D eigenvalue weighted by Crippen LogP contribution is 2.54. The fourth-order valence-electron chi connectivity index (χ4n) is 12.7. The van der Waals surface area contributed by atoms with Gasteiger partial charge in [-0.2, -0.15) is 13.0 Å². The van der Waals surface area contributed by atoms with Crippen molar-refractivity contribution in [2.24, 2.45) is 0 Å². The number of carbonyl (C=O) groups excluding carboxylic acids is 3. The van der Waals surface area contributed by atoms with Gasteiger partial charge in [-0.1, -0.05) is 24.3 Å². The lowest BCUT2D eigenvalue weighted by atomic mass is 9.75. The molecule has 4 aromatic carbocycles. The monoisotopic (exact) mass is 1660 g/mol. The number of fused-ring (bicyclic) bond motifs is 6. The summed E-state index contributed by atoms with van der Waals surface area (Å²) in [5.74, 6) is -1.98. The third kappa shape index (κ3) is 27.7. The molecule has 2 unspecified atom stereocenters. The molecule has 0 aliphatic carbocycles. The second-order valence-corrected chi connectivity index (χ2v) is 31.2. The van der Waals surface area contributed by atoms with Crippen LogP contribution in [0.5, 0.6) is 0 Å². The molecule has 0 aromatic heterocycles. The predicted molar refractivity (Wildman–Crippen MR) is 397 cm³/mol. The van der Waals surface area contributed by atoms with E-state index in [-0.39, 0.29) is 199 Å². The van der Waals surface area contributed by atoms with Gasteiger partial charge in [0.1, 0.15) is 41.9 Å². The first kappa shape index (κ1) is 92.9.